The largest absolute Gasteiger partial charge is 0.497 e. The van der Waals surface area contributed by atoms with E-state index in [1.165, 1.54) is 11.8 Å². The number of ketones is 1. The van der Waals surface area contributed by atoms with Gasteiger partial charge in [-0.25, -0.2) is 0 Å². The van der Waals surface area contributed by atoms with Gasteiger partial charge in [-0.2, -0.15) is 0 Å². The van der Waals surface area contributed by atoms with Crippen molar-refractivity contribution in [2.24, 2.45) is 0 Å². The molecule has 0 unspecified atom stereocenters. The second-order valence-corrected chi connectivity index (χ2v) is 5.37. The zero-order chi connectivity index (χ0) is 14.4. The van der Waals surface area contributed by atoms with E-state index in [0.717, 1.165) is 21.1 Å². The summed E-state index contributed by atoms with van der Waals surface area (Å²) in [6.45, 7) is 1.59. The van der Waals surface area contributed by atoms with Gasteiger partial charge in [0.15, 0.2) is 5.78 Å². The first-order valence-electron chi connectivity index (χ1n) is 6.28. The van der Waals surface area contributed by atoms with Crippen molar-refractivity contribution in [1.29, 1.82) is 0 Å². The van der Waals surface area contributed by atoms with Crippen LogP contribution in [-0.4, -0.2) is 12.9 Å². The smallest absolute Gasteiger partial charge is 0.166 e. The summed E-state index contributed by atoms with van der Waals surface area (Å²) in [5.41, 5.74) is 0.986. The molecule has 2 nitrogen and oxygen atoms in total. The van der Waals surface area contributed by atoms with Crippen LogP contribution in [0.4, 0.5) is 0 Å². The lowest BCUT2D eigenvalue weighted by Crippen LogP contribution is -1.92. The second kappa shape index (κ2) is 6.96. The lowest BCUT2D eigenvalue weighted by molar-refractivity contribution is -0.112. The molecule has 2 aromatic rings. The fraction of sp³-hybridized carbons (Fsp3) is 0.118. The molecule has 0 radical (unpaired) electrons. The number of carbonyl (C=O) groups is 1. The van der Waals surface area contributed by atoms with Gasteiger partial charge in [-0.1, -0.05) is 42.1 Å². The van der Waals surface area contributed by atoms with E-state index in [4.69, 9.17) is 4.74 Å². The number of ether oxygens (including phenoxy) is 1. The molecule has 0 atom stereocenters. The number of rotatable bonds is 5. The van der Waals surface area contributed by atoms with Crippen molar-refractivity contribution in [2.75, 3.05) is 7.11 Å². The molecule has 3 heteroatoms. The van der Waals surface area contributed by atoms with Gasteiger partial charge in [0.05, 0.1) is 12.0 Å². The first-order chi connectivity index (χ1) is 9.69. The SMILES string of the molecule is COc1ccc(/C=C(\Sc2ccccc2)C(C)=O)cc1. The van der Waals surface area contributed by atoms with E-state index in [9.17, 15) is 4.79 Å². The molecule has 0 spiro atoms. The van der Waals surface area contributed by atoms with Gasteiger partial charge < -0.3 is 4.74 Å². The molecule has 0 aliphatic carbocycles. The molecular weight excluding hydrogens is 268 g/mol. The normalized spacial score (nSPS) is 11.2. The minimum atomic E-state index is 0.0645. The van der Waals surface area contributed by atoms with Gasteiger partial charge in [0.1, 0.15) is 5.75 Å². The van der Waals surface area contributed by atoms with Crippen LogP contribution in [0, 0.1) is 0 Å². The zero-order valence-electron chi connectivity index (χ0n) is 11.5. The molecule has 0 aliphatic heterocycles. The Morgan fingerprint density at radius 1 is 1.05 bits per heavy atom. The third-order valence-corrected chi connectivity index (χ3v) is 3.86. The molecule has 0 aromatic heterocycles. The van der Waals surface area contributed by atoms with Gasteiger partial charge in [0.2, 0.25) is 0 Å². The van der Waals surface area contributed by atoms with Crippen molar-refractivity contribution >= 4 is 23.6 Å². The fourth-order valence-electron chi connectivity index (χ4n) is 1.67. The average Bonchev–Trinajstić information content (AvgIpc) is 2.48. The van der Waals surface area contributed by atoms with Crippen molar-refractivity contribution in [3.63, 3.8) is 0 Å². The summed E-state index contributed by atoms with van der Waals surface area (Å²) in [7, 11) is 1.64. The molecule has 0 aliphatic rings. The van der Waals surface area contributed by atoms with Crippen LogP contribution in [0.25, 0.3) is 6.08 Å². The van der Waals surface area contributed by atoms with E-state index in [0.29, 0.717) is 0 Å². The Balaban J connectivity index is 2.23. The maximum Gasteiger partial charge on any atom is 0.166 e. The highest BCUT2D eigenvalue weighted by Gasteiger charge is 2.06. The van der Waals surface area contributed by atoms with E-state index in [1.807, 2.05) is 60.7 Å². The Labute approximate surface area is 123 Å². The monoisotopic (exact) mass is 284 g/mol. The summed E-state index contributed by atoms with van der Waals surface area (Å²) in [6.07, 6.45) is 1.90. The van der Waals surface area contributed by atoms with E-state index in [1.54, 1.807) is 14.0 Å². The van der Waals surface area contributed by atoms with Crippen molar-refractivity contribution < 1.29 is 9.53 Å². The molecule has 0 saturated heterocycles. The number of benzene rings is 2. The first-order valence-corrected chi connectivity index (χ1v) is 7.10. The fourth-order valence-corrected chi connectivity index (χ4v) is 2.56. The summed E-state index contributed by atoms with van der Waals surface area (Å²) in [5, 5.41) is 0. The van der Waals surface area contributed by atoms with E-state index >= 15 is 0 Å². The van der Waals surface area contributed by atoms with Crippen molar-refractivity contribution in [3.8, 4) is 5.75 Å². The van der Waals surface area contributed by atoms with Gasteiger partial charge >= 0.3 is 0 Å². The van der Waals surface area contributed by atoms with Gasteiger partial charge in [0.25, 0.3) is 0 Å². The maximum absolute atomic E-state index is 11.8. The highest BCUT2D eigenvalue weighted by atomic mass is 32.2. The van der Waals surface area contributed by atoms with Crippen molar-refractivity contribution in [3.05, 3.63) is 65.1 Å². The van der Waals surface area contributed by atoms with E-state index in [-0.39, 0.29) is 5.78 Å². The maximum atomic E-state index is 11.8. The third-order valence-electron chi connectivity index (χ3n) is 2.73. The molecular formula is C17H16O2S. The molecule has 0 saturated carbocycles. The number of methoxy groups -OCH3 is 1. The predicted octanol–water partition coefficient (Wildman–Crippen LogP) is 4.42. The molecule has 2 aromatic carbocycles. The first kappa shape index (κ1) is 14.4. The quantitative estimate of drug-likeness (QED) is 0.600. The molecule has 0 heterocycles. The Morgan fingerprint density at radius 3 is 2.25 bits per heavy atom. The van der Waals surface area contributed by atoms with Crippen LogP contribution in [0.1, 0.15) is 12.5 Å². The summed E-state index contributed by atoms with van der Waals surface area (Å²) in [6, 6.07) is 17.5. The molecule has 0 bridgehead atoms. The summed E-state index contributed by atoms with van der Waals surface area (Å²) < 4.78 is 5.12. The molecule has 0 N–H and O–H groups in total. The van der Waals surface area contributed by atoms with Crippen LogP contribution in [-0.2, 0) is 4.79 Å². The van der Waals surface area contributed by atoms with Gasteiger partial charge in [-0.3, -0.25) is 4.79 Å². The lowest BCUT2D eigenvalue weighted by atomic mass is 10.2. The molecule has 2 rings (SSSR count). The van der Waals surface area contributed by atoms with Gasteiger partial charge in [-0.15, -0.1) is 0 Å². The van der Waals surface area contributed by atoms with Crippen molar-refractivity contribution in [1.82, 2.24) is 0 Å². The standard InChI is InChI=1S/C17H16O2S/c1-13(18)17(20-16-6-4-3-5-7-16)12-14-8-10-15(19-2)11-9-14/h3-12H,1-2H3/b17-12-. The highest BCUT2D eigenvalue weighted by molar-refractivity contribution is 8.04. The molecule has 102 valence electrons. The van der Waals surface area contributed by atoms with Crippen LogP contribution < -0.4 is 4.74 Å². The highest BCUT2D eigenvalue weighted by Crippen LogP contribution is 2.29. The molecule has 0 fully saturated rings. The Bertz CT molecular complexity index is 601. The number of allylic oxidation sites excluding steroid dienone is 1. The summed E-state index contributed by atoms with van der Waals surface area (Å²) in [5.74, 6) is 0.872. The van der Waals surface area contributed by atoms with E-state index < -0.39 is 0 Å². The molecule has 0 amide bonds. The van der Waals surface area contributed by atoms with E-state index in [2.05, 4.69) is 0 Å². The second-order valence-electron chi connectivity index (χ2n) is 4.25. The summed E-state index contributed by atoms with van der Waals surface area (Å²) >= 11 is 1.48. The van der Waals surface area contributed by atoms with Crippen LogP contribution >= 0.6 is 11.8 Å². The number of hydrogen-bond donors (Lipinski definition) is 0. The minimum Gasteiger partial charge on any atom is -0.497 e. The minimum absolute atomic E-state index is 0.0645. The Kier molecular flexibility index (Phi) is 5.02. The number of carbonyl (C=O) groups excluding carboxylic acids is 1. The number of hydrogen-bond acceptors (Lipinski definition) is 3. The Hall–Kier alpha value is -2.00. The number of thioether (sulfide) groups is 1. The lowest BCUT2D eigenvalue weighted by Gasteiger charge is -2.05. The van der Waals surface area contributed by atoms with Gasteiger partial charge in [-0.05, 0) is 42.8 Å². The Morgan fingerprint density at radius 2 is 1.70 bits per heavy atom. The van der Waals surface area contributed by atoms with Gasteiger partial charge in [0, 0.05) is 4.90 Å². The third kappa shape index (κ3) is 4.00. The topological polar surface area (TPSA) is 26.3 Å². The van der Waals surface area contributed by atoms with Crippen LogP contribution in [0.15, 0.2) is 64.4 Å². The van der Waals surface area contributed by atoms with Crippen LogP contribution in [0.5, 0.6) is 5.75 Å². The summed E-state index contributed by atoms with van der Waals surface area (Å²) in [4.78, 5) is 13.5. The average molecular weight is 284 g/mol. The van der Waals surface area contributed by atoms with Crippen molar-refractivity contribution in [2.45, 2.75) is 11.8 Å². The zero-order valence-corrected chi connectivity index (χ0v) is 12.3. The number of Topliss-reactive ketones (excluding diaryl/α,β-unsaturated/α-hetero) is 1. The van der Waals surface area contributed by atoms with Crippen LogP contribution in [0.3, 0.4) is 0 Å². The molecule has 20 heavy (non-hydrogen) atoms. The predicted molar refractivity (Wildman–Crippen MR) is 84.0 cm³/mol. The van der Waals surface area contributed by atoms with Crippen LogP contribution in [0.2, 0.25) is 0 Å².